The van der Waals surface area contributed by atoms with Gasteiger partial charge in [-0.05, 0) is 243 Å². The summed E-state index contributed by atoms with van der Waals surface area (Å²) >= 11 is 0. The standard InChI is InChI=1S/C116H87N7/c1-115(2,3)100-72-103(84-52-34-54-86(58-84)109-117-111(96-64-88(76-36-16-7-17-37-76)60-89(65-96)77-38-18-8-19-39-77)121-112(118-109)97-66-90(78-40-20-9-21-41-78)61-91(67-97)79-42-22-10-23-43-79)107-105(74-100)106-75-101(116(4,5)6)73-104(108(106)123(107)102-56-32-15-33-57-102)85-53-35-55-87(59-85)110-119-113(98-68-92(80-44-24-11-25-45-80)62-93(69-98)81-46-26-12-27-47-81)122-114(120-110)99-70-94(82-48-28-13-29-49-82)63-95(71-99)83-50-30-14-31-51-83/h7-75H,1-6H3. The normalized spacial score (nSPS) is 11.7. The average Bonchev–Trinajstić information content (AvgIpc) is 1.55. The van der Waals surface area contributed by atoms with E-state index < -0.39 is 0 Å². The van der Waals surface area contributed by atoms with Crippen molar-refractivity contribution in [1.29, 1.82) is 0 Å². The van der Waals surface area contributed by atoms with Crippen molar-refractivity contribution in [2.24, 2.45) is 0 Å². The van der Waals surface area contributed by atoms with Crippen LogP contribution in [0, 0.1) is 0 Å². The van der Waals surface area contributed by atoms with Crippen molar-refractivity contribution in [3.05, 3.63) is 430 Å². The van der Waals surface area contributed by atoms with Crippen molar-refractivity contribution in [3.63, 3.8) is 0 Å². The topological polar surface area (TPSA) is 82.3 Å². The Bertz CT molecular complexity index is 6370. The molecule has 0 aliphatic carbocycles. The summed E-state index contributed by atoms with van der Waals surface area (Å²) < 4.78 is 2.52. The van der Waals surface area contributed by atoms with Gasteiger partial charge in [0.25, 0.3) is 0 Å². The molecule has 20 rings (SSSR count). The summed E-state index contributed by atoms with van der Waals surface area (Å²) in [5.41, 5.74) is 31.6. The van der Waals surface area contributed by atoms with E-state index in [0.717, 1.165) is 172 Å². The summed E-state index contributed by atoms with van der Waals surface area (Å²) in [6, 6.07) is 150. The lowest BCUT2D eigenvalue weighted by molar-refractivity contribution is 0.590. The van der Waals surface area contributed by atoms with Gasteiger partial charge in [-0.15, -0.1) is 0 Å². The zero-order chi connectivity index (χ0) is 83.1. The number of benzene rings is 17. The molecule has 0 saturated carbocycles. The Balaban J connectivity index is 0.806. The number of rotatable bonds is 17. The van der Waals surface area contributed by atoms with Gasteiger partial charge in [-0.3, -0.25) is 0 Å². The van der Waals surface area contributed by atoms with Gasteiger partial charge < -0.3 is 4.57 Å². The molecule has 0 unspecified atom stereocenters. The van der Waals surface area contributed by atoms with Crippen molar-refractivity contribution < 1.29 is 0 Å². The van der Waals surface area contributed by atoms with Crippen LogP contribution in [0.5, 0.6) is 0 Å². The zero-order valence-corrected chi connectivity index (χ0v) is 69.5. The summed E-state index contributed by atoms with van der Waals surface area (Å²) in [6.45, 7) is 13.9. The first-order chi connectivity index (χ1) is 60.2. The summed E-state index contributed by atoms with van der Waals surface area (Å²) in [5, 5.41) is 2.28. The molecule has 0 radical (unpaired) electrons. The van der Waals surface area contributed by atoms with Gasteiger partial charge in [0.05, 0.1) is 11.0 Å². The van der Waals surface area contributed by atoms with Crippen LogP contribution in [0.4, 0.5) is 0 Å². The lowest BCUT2D eigenvalue weighted by Crippen LogP contribution is -2.11. The van der Waals surface area contributed by atoms with Gasteiger partial charge in [-0.25, -0.2) is 29.9 Å². The van der Waals surface area contributed by atoms with E-state index in [-0.39, 0.29) is 10.8 Å². The summed E-state index contributed by atoms with van der Waals surface area (Å²) in [7, 11) is 0. The average molecular weight is 1580 g/mol. The van der Waals surface area contributed by atoms with Gasteiger partial charge in [0.1, 0.15) is 0 Å². The Morgan fingerprint density at radius 3 is 0.561 bits per heavy atom. The molecule has 0 spiro atoms. The second-order valence-electron chi connectivity index (χ2n) is 33.9. The minimum Gasteiger partial charge on any atom is -0.308 e. The highest BCUT2D eigenvalue weighted by Gasteiger charge is 2.29. The first-order valence-corrected chi connectivity index (χ1v) is 42.2. The van der Waals surface area contributed by atoms with Crippen molar-refractivity contribution >= 4 is 21.8 Å². The number of aromatic nitrogens is 7. The first kappa shape index (κ1) is 76.3. The molecule has 20 aromatic rings. The Kier molecular flexibility index (Phi) is 20.1. The number of hydrogen-bond acceptors (Lipinski definition) is 6. The van der Waals surface area contributed by atoms with Crippen LogP contribution in [0.1, 0.15) is 52.7 Å². The lowest BCUT2D eigenvalue weighted by atomic mass is 9.82. The van der Waals surface area contributed by atoms with Crippen molar-refractivity contribution in [2.45, 2.75) is 52.4 Å². The van der Waals surface area contributed by atoms with Crippen LogP contribution in [0.3, 0.4) is 0 Å². The molecule has 0 amide bonds. The Labute approximate surface area is 718 Å². The van der Waals surface area contributed by atoms with E-state index in [1.165, 1.54) is 11.1 Å². The molecule has 0 aliphatic heterocycles. The molecule has 0 N–H and O–H groups in total. The Hall–Kier alpha value is -15.4. The predicted molar refractivity (Wildman–Crippen MR) is 512 cm³/mol. The predicted octanol–water partition coefficient (Wildman–Crippen LogP) is 30.4. The van der Waals surface area contributed by atoms with E-state index in [1.807, 2.05) is 0 Å². The lowest BCUT2D eigenvalue weighted by Gasteiger charge is -2.22. The molecule has 123 heavy (non-hydrogen) atoms. The molecule has 0 bridgehead atoms. The highest BCUT2D eigenvalue weighted by atomic mass is 15.0. The van der Waals surface area contributed by atoms with Crippen LogP contribution in [-0.2, 0) is 10.8 Å². The molecule has 0 saturated heterocycles. The van der Waals surface area contributed by atoms with Gasteiger partial charge in [0.15, 0.2) is 34.9 Å². The third kappa shape index (κ3) is 15.7. The maximum atomic E-state index is 5.65. The van der Waals surface area contributed by atoms with Crippen molar-refractivity contribution in [2.75, 3.05) is 0 Å². The van der Waals surface area contributed by atoms with Gasteiger partial charge in [-0.2, -0.15) is 0 Å². The number of para-hydroxylation sites is 1. The first-order valence-electron chi connectivity index (χ1n) is 42.2. The van der Waals surface area contributed by atoms with Crippen LogP contribution in [-0.4, -0.2) is 34.5 Å². The van der Waals surface area contributed by atoms with Gasteiger partial charge in [-0.1, -0.05) is 339 Å². The van der Waals surface area contributed by atoms with E-state index in [0.29, 0.717) is 34.9 Å². The number of nitrogens with zero attached hydrogens (tertiary/aromatic N) is 7. The van der Waals surface area contributed by atoms with Gasteiger partial charge in [0, 0.05) is 61.0 Å². The fourth-order valence-corrected chi connectivity index (χ4v) is 17.0. The van der Waals surface area contributed by atoms with Gasteiger partial charge >= 0.3 is 0 Å². The van der Waals surface area contributed by atoms with E-state index in [2.05, 4.69) is 465 Å². The summed E-state index contributed by atoms with van der Waals surface area (Å²) in [6.07, 6.45) is 0. The van der Waals surface area contributed by atoms with E-state index in [1.54, 1.807) is 0 Å². The maximum absolute atomic E-state index is 5.65. The van der Waals surface area contributed by atoms with E-state index >= 15 is 0 Å². The summed E-state index contributed by atoms with van der Waals surface area (Å²) in [4.78, 5) is 33.8. The van der Waals surface area contributed by atoms with Crippen LogP contribution in [0.2, 0.25) is 0 Å². The second-order valence-corrected chi connectivity index (χ2v) is 33.9. The third-order valence-corrected chi connectivity index (χ3v) is 23.5. The SMILES string of the molecule is CC(C)(C)c1cc(-c2cccc(-c3nc(-c4cc(-c5ccccc5)cc(-c5ccccc5)c4)nc(-c4cc(-c5ccccc5)cc(-c5ccccc5)c4)n3)c2)c2c(c1)c1cc(C(C)(C)C)cc(-c3cccc(-c4nc(-c5cc(-c6ccccc6)cc(-c6ccccc6)c5)nc(-c5cc(-c6ccccc6)cc(-c6ccccc6)c5)n4)c3)c1n2-c1ccccc1. The van der Waals surface area contributed by atoms with E-state index in [4.69, 9.17) is 29.9 Å². The second kappa shape index (κ2) is 32.4. The zero-order valence-electron chi connectivity index (χ0n) is 69.5. The van der Waals surface area contributed by atoms with Crippen molar-refractivity contribution in [1.82, 2.24) is 34.5 Å². The molecule has 0 aliphatic rings. The highest BCUT2D eigenvalue weighted by molar-refractivity contribution is 6.18. The van der Waals surface area contributed by atoms with Crippen LogP contribution in [0.15, 0.2) is 419 Å². The highest BCUT2D eigenvalue weighted by Crippen LogP contribution is 2.48. The van der Waals surface area contributed by atoms with Crippen LogP contribution < -0.4 is 0 Å². The van der Waals surface area contributed by atoms with Crippen LogP contribution >= 0.6 is 0 Å². The largest absolute Gasteiger partial charge is 0.308 e. The summed E-state index contributed by atoms with van der Waals surface area (Å²) in [5.74, 6) is 3.33. The minimum atomic E-state index is -0.279. The molecule has 3 heterocycles. The number of hydrogen-bond donors (Lipinski definition) is 0. The molecule has 17 aromatic carbocycles. The Morgan fingerprint density at radius 2 is 0.341 bits per heavy atom. The van der Waals surface area contributed by atoms with Crippen molar-refractivity contribution in [3.8, 4) is 185 Å². The fourth-order valence-electron chi connectivity index (χ4n) is 17.0. The molecule has 7 heteroatoms. The fraction of sp³-hybridized carbons (Fsp3) is 0.0690. The third-order valence-electron chi connectivity index (χ3n) is 23.5. The molecule has 7 nitrogen and oxygen atoms in total. The smallest absolute Gasteiger partial charge is 0.164 e. The number of fused-ring (bicyclic) bond motifs is 3. The minimum absolute atomic E-state index is 0.279. The molecule has 586 valence electrons. The maximum Gasteiger partial charge on any atom is 0.164 e. The monoisotopic (exact) mass is 1580 g/mol. The molecular formula is C116H87N7. The molecule has 3 aromatic heterocycles. The molecule has 0 atom stereocenters. The Morgan fingerprint density at radius 1 is 0.163 bits per heavy atom. The van der Waals surface area contributed by atoms with Gasteiger partial charge in [0.2, 0.25) is 0 Å². The van der Waals surface area contributed by atoms with E-state index in [9.17, 15) is 0 Å². The van der Waals surface area contributed by atoms with Crippen LogP contribution in [0.25, 0.3) is 207 Å². The molecular weight excluding hydrogens is 1490 g/mol. The quantitative estimate of drug-likeness (QED) is 0.0903. The molecule has 0 fully saturated rings.